The van der Waals surface area contributed by atoms with Crippen molar-refractivity contribution >= 4 is 26.7 Å². The Hall–Kier alpha value is -0.700. The smallest absolute Gasteiger partial charge is 0.303 e. The molecular formula is C13H24N4O2S2. The maximum absolute atomic E-state index is 12.6. The highest BCUT2D eigenvalue weighted by atomic mass is 32.2. The van der Waals surface area contributed by atoms with Gasteiger partial charge in [-0.3, -0.25) is 0 Å². The number of likely N-dealkylation sites (N-methyl/N-ethyl adjacent to an activating group) is 1. The van der Waals surface area contributed by atoms with Gasteiger partial charge in [0.25, 0.3) is 0 Å². The van der Waals surface area contributed by atoms with Crippen molar-refractivity contribution < 1.29 is 8.42 Å². The average molecular weight is 332 g/mol. The molecule has 1 unspecified atom stereocenters. The molecule has 120 valence electrons. The van der Waals surface area contributed by atoms with Gasteiger partial charge in [0, 0.05) is 24.0 Å². The van der Waals surface area contributed by atoms with Crippen LogP contribution in [0.3, 0.4) is 0 Å². The lowest BCUT2D eigenvalue weighted by atomic mass is 10.1. The van der Waals surface area contributed by atoms with Crippen molar-refractivity contribution in [2.75, 3.05) is 24.9 Å². The van der Waals surface area contributed by atoms with E-state index in [1.165, 1.54) is 11.3 Å². The van der Waals surface area contributed by atoms with Crippen molar-refractivity contribution in [2.24, 2.45) is 0 Å². The maximum atomic E-state index is 12.6. The van der Waals surface area contributed by atoms with Gasteiger partial charge in [0.2, 0.25) is 0 Å². The minimum atomic E-state index is -3.53. The first-order chi connectivity index (χ1) is 9.97. The van der Waals surface area contributed by atoms with E-state index in [1.807, 2.05) is 20.9 Å². The van der Waals surface area contributed by atoms with E-state index in [0.29, 0.717) is 18.2 Å². The van der Waals surface area contributed by atoms with E-state index in [1.54, 1.807) is 4.31 Å². The highest BCUT2D eigenvalue weighted by Gasteiger charge is 2.32. The molecule has 1 saturated heterocycles. The first kappa shape index (κ1) is 16.7. The van der Waals surface area contributed by atoms with Gasteiger partial charge in [0.05, 0.1) is 5.69 Å². The fourth-order valence-electron chi connectivity index (χ4n) is 2.70. The third-order valence-corrected chi connectivity index (χ3v) is 6.37. The molecule has 1 aromatic heterocycles. The molecular weight excluding hydrogens is 308 g/mol. The molecule has 0 aromatic carbocycles. The number of aryl methyl sites for hydroxylation is 2. The van der Waals surface area contributed by atoms with E-state index in [9.17, 15) is 8.42 Å². The summed E-state index contributed by atoms with van der Waals surface area (Å²) in [7, 11) is -1.68. The van der Waals surface area contributed by atoms with Crippen LogP contribution >= 0.6 is 11.3 Å². The molecule has 1 atom stereocenters. The molecule has 0 amide bonds. The van der Waals surface area contributed by atoms with Crippen molar-refractivity contribution in [2.45, 2.75) is 45.6 Å². The number of thiazole rings is 1. The van der Waals surface area contributed by atoms with Crippen molar-refractivity contribution in [3.8, 4) is 0 Å². The van der Waals surface area contributed by atoms with Gasteiger partial charge in [-0.1, -0.05) is 13.3 Å². The summed E-state index contributed by atoms with van der Waals surface area (Å²) in [6.45, 7) is 5.25. The van der Waals surface area contributed by atoms with Crippen LogP contribution in [-0.2, 0) is 16.6 Å². The molecule has 2 rings (SSSR count). The summed E-state index contributed by atoms with van der Waals surface area (Å²) in [5.74, 6) is 0. The molecule has 0 radical (unpaired) electrons. The third kappa shape index (κ3) is 3.94. The van der Waals surface area contributed by atoms with E-state index < -0.39 is 10.2 Å². The fraction of sp³-hybridized carbons (Fsp3) is 0.769. The number of anilines is 1. The second-order valence-electron chi connectivity index (χ2n) is 5.30. The number of nitrogens with zero attached hydrogens (tertiary/aromatic N) is 2. The van der Waals surface area contributed by atoms with Crippen LogP contribution in [0.4, 0.5) is 5.13 Å². The molecule has 1 aliphatic heterocycles. The van der Waals surface area contributed by atoms with Crippen LogP contribution in [-0.4, -0.2) is 43.9 Å². The minimum Gasteiger partial charge on any atom is -0.318 e. The van der Waals surface area contributed by atoms with Gasteiger partial charge in [0.1, 0.15) is 0 Å². The van der Waals surface area contributed by atoms with Crippen LogP contribution < -0.4 is 10.0 Å². The summed E-state index contributed by atoms with van der Waals surface area (Å²) in [6.07, 6.45) is 3.71. The van der Waals surface area contributed by atoms with E-state index in [2.05, 4.69) is 15.0 Å². The van der Waals surface area contributed by atoms with Crippen LogP contribution in [0.25, 0.3) is 0 Å². The first-order valence-electron chi connectivity index (χ1n) is 7.38. The van der Waals surface area contributed by atoms with Gasteiger partial charge in [-0.05, 0) is 33.2 Å². The maximum Gasteiger partial charge on any atom is 0.303 e. The first-order valence-corrected chi connectivity index (χ1v) is 9.64. The number of nitrogens with one attached hydrogen (secondary N) is 2. The predicted octanol–water partition coefficient (Wildman–Crippen LogP) is 1.74. The van der Waals surface area contributed by atoms with Crippen LogP contribution in [0.2, 0.25) is 0 Å². The van der Waals surface area contributed by atoms with Crippen molar-refractivity contribution in [1.29, 1.82) is 0 Å². The summed E-state index contributed by atoms with van der Waals surface area (Å²) in [5, 5.41) is 3.55. The zero-order valence-electron chi connectivity index (χ0n) is 12.8. The monoisotopic (exact) mass is 332 g/mol. The molecule has 0 bridgehead atoms. The molecule has 6 nitrogen and oxygen atoms in total. The zero-order chi connectivity index (χ0) is 15.5. The van der Waals surface area contributed by atoms with Gasteiger partial charge >= 0.3 is 10.2 Å². The Morgan fingerprint density at radius 2 is 2.19 bits per heavy atom. The topological polar surface area (TPSA) is 74.3 Å². The lowest BCUT2D eigenvalue weighted by Gasteiger charge is -2.34. The van der Waals surface area contributed by atoms with Gasteiger partial charge in [-0.15, -0.1) is 11.3 Å². The molecule has 0 spiro atoms. The Labute approximate surface area is 131 Å². The zero-order valence-corrected chi connectivity index (χ0v) is 14.5. The molecule has 1 aliphatic rings. The SMILES string of the molecule is CCc1nc(NS(=O)(=O)N2CCCCC2CNC)sc1C. The average Bonchev–Trinajstić information content (AvgIpc) is 2.78. The summed E-state index contributed by atoms with van der Waals surface area (Å²) in [5.41, 5.74) is 0.961. The van der Waals surface area contributed by atoms with Gasteiger partial charge in [-0.2, -0.15) is 12.7 Å². The quantitative estimate of drug-likeness (QED) is 0.832. The molecule has 2 heterocycles. The summed E-state index contributed by atoms with van der Waals surface area (Å²) < 4.78 is 29.4. The van der Waals surface area contributed by atoms with Crippen LogP contribution in [0, 0.1) is 6.92 Å². The number of hydrogen-bond acceptors (Lipinski definition) is 5. The Balaban J connectivity index is 2.15. The van der Waals surface area contributed by atoms with Crippen LogP contribution in [0.15, 0.2) is 0 Å². The van der Waals surface area contributed by atoms with Gasteiger partial charge < -0.3 is 5.32 Å². The van der Waals surface area contributed by atoms with E-state index >= 15 is 0 Å². The lowest BCUT2D eigenvalue weighted by molar-refractivity contribution is 0.250. The van der Waals surface area contributed by atoms with Crippen molar-refractivity contribution in [1.82, 2.24) is 14.6 Å². The lowest BCUT2D eigenvalue weighted by Crippen LogP contribution is -2.49. The van der Waals surface area contributed by atoms with E-state index in [0.717, 1.165) is 36.3 Å². The molecule has 1 fully saturated rings. The molecule has 21 heavy (non-hydrogen) atoms. The van der Waals surface area contributed by atoms with E-state index in [-0.39, 0.29) is 6.04 Å². The largest absolute Gasteiger partial charge is 0.318 e. The summed E-state index contributed by atoms with van der Waals surface area (Å²) in [4.78, 5) is 5.44. The standard InChI is InChI=1S/C13H24N4O2S2/c1-4-12-10(2)20-13(15-12)16-21(18,19)17-8-6-5-7-11(17)9-14-3/h11,14H,4-9H2,1-3H3,(H,15,16). The Kier molecular flexibility index (Phi) is 5.59. The fourth-order valence-corrected chi connectivity index (χ4v) is 5.26. The summed E-state index contributed by atoms with van der Waals surface area (Å²) >= 11 is 1.40. The number of hydrogen-bond donors (Lipinski definition) is 2. The Morgan fingerprint density at radius 3 is 2.81 bits per heavy atom. The third-order valence-electron chi connectivity index (χ3n) is 3.77. The number of aromatic nitrogens is 1. The Morgan fingerprint density at radius 1 is 1.43 bits per heavy atom. The minimum absolute atomic E-state index is 0.0213. The predicted molar refractivity (Wildman–Crippen MR) is 87.0 cm³/mol. The Bertz CT molecular complexity index is 569. The number of piperidine rings is 1. The van der Waals surface area contributed by atoms with Crippen molar-refractivity contribution in [3.05, 3.63) is 10.6 Å². The second-order valence-corrected chi connectivity index (χ2v) is 8.13. The van der Waals surface area contributed by atoms with Gasteiger partial charge in [-0.25, -0.2) is 9.71 Å². The number of rotatable bonds is 6. The van der Waals surface area contributed by atoms with Crippen LogP contribution in [0.5, 0.6) is 0 Å². The van der Waals surface area contributed by atoms with Crippen molar-refractivity contribution in [3.63, 3.8) is 0 Å². The highest BCUT2D eigenvalue weighted by molar-refractivity contribution is 7.90. The molecule has 0 aliphatic carbocycles. The molecule has 0 saturated carbocycles. The molecule has 2 N–H and O–H groups in total. The highest BCUT2D eigenvalue weighted by Crippen LogP contribution is 2.26. The molecule has 8 heteroatoms. The van der Waals surface area contributed by atoms with E-state index in [4.69, 9.17) is 0 Å². The normalized spacial score (nSPS) is 20.6. The second kappa shape index (κ2) is 7.04. The van der Waals surface area contributed by atoms with Gasteiger partial charge in [0.15, 0.2) is 5.13 Å². The molecule has 1 aromatic rings. The summed E-state index contributed by atoms with van der Waals surface area (Å²) in [6, 6.07) is 0.0213. The van der Waals surface area contributed by atoms with Crippen LogP contribution in [0.1, 0.15) is 36.8 Å².